The Morgan fingerprint density at radius 2 is 1.93 bits per heavy atom. The smallest absolute Gasteiger partial charge is 0.478 e. The zero-order valence-electron chi connectivity index (χ0n) is 7.40. The first kappa shape index (κ1) is 13.1. The zero-order chi connectivity index (χ0) is 11.8. The maximum atomic E-state index is 10.4. The van der Waals surface area contributed by atoms with Crippen LogP contribution in [0.4, 0.5) is 5.69 Å². The number of carboxylic acid groups (broad SMARTS) is 1. The van der Waals surface area contributed by atoms with Crippen LogP contribution in [0.3, 0.4) is 0 Å². The average molecular weight is 212 g/mol. The van der Waals surface area contributed by atoms with E-state index in [1.807, 2.05) is 0 Å². The minimum absolute atomic E-state index is 0. The number of carbonyl (C=O) groups is 1. The summed E-state index contributed by atoms with van der Waals surface area (Å²) in [5.41, 5.74) is -0.292. The molecule has 0 saturated carbocycles. The lowest BCUT2D eigenvalue weighted by Gasteiger charge is -1.92. The molecule has 0 amide bonds. The van der Waals surface area contributed by atoms with Gasteiger partial charge in [0, 0.05) is 12.1 Å². The highest BCUT2D eigenvalue weighted by molar-refractivity contribution is 6.13. The van der Waals surface area contributed by atoms with Gasteiger partial charge in [0.25, 0.3) is 5.69 Å². The molecular formula is C7H7BNO6. The fraction of sp³-hybridized carbons (Fsp3) is 0. The van der Waals surface area contributed by atoms with E-state index in [2.05, 4.69) is 0 Å². The maximum Gasteiger partial charge on any atom is 0.482 e. The molecule has 8 heteroatoms. The molecule has 0 aliphatic rings. The molecule has 0 spiro atoms. The Balaban J connectivity index is 0.000000583. The van der Waals surface area contributed by atoms with E-state index in [1.54, 1.807) is 0 Å². The van der Waals surface area contributed by atoms with Crippen LogP contribution in [-0.4, -0.2) is 33.7 Å². The van der Waals surface area contributed by atoms with Gasteiger partial charge in [-0.25, -0.2) is 4.79 Å². The highest BCUT2D eigenvalue weighted by Crippen LogP contribution is 2.12. The van der Waals surface area contributed by atoms with Gasteiger partial charge in [0.05, 0.1) is 10.5 Å². The van der Waals surface area contributed by atoms with Gasteiger partial charge in [-0.2, -0.15) is 0 Å². The second-order valence-corrected chi connectivity index (χ2v) is 2.23. The number of aromatic carboxylic acids is 1. The number of benzene rings is 1. The van der Waals surface area contributed by atoms with E-state index in [0.717, 1.165) is 6.07 Å². The molecule has 7 nitrogen and oxygen atoms in total. The molecule has 0 unspecified atom stereocenters. The second kappa shape index (κ2) is 6.52. The van der Waals surface area contributed by atoms with Crippen molar-refractivity contribution in [3.8, 4) is 0 Å². The standard InChI is InChI=1S/C7H5NO4.BH2O2/c9-7(10)5-2-1-3-6(4-5)8(11)12;2-1-3/h1-4H,(H,9,10);2-3H. The van der Waals surface area contributed by atoms with E-state index in [4.69, 9.17) is 15.2 Å². The lowest BCUT2D eigenvalue weighted by atomic mass is 10.2. The summed E-state index contributed by atoms with van der Waals surface area (Å²) in [6.07, 6.45) is 0. The summed E-state index contributed by atoms with van der Waals surface area (Å²) in [6, 6.07) is 4.89. The highest BCUT2D eigenvalue weighted by Gasteiger charge is 2.08. The zero-order valence-corrected chi connectivity index (χ0v) is 7.40. The quantitative estimate of drug-likeness (QED) is 0.354. The average Bonchev–Trinajstić information content (AvgIpc) is 2.19. The second-order valence-electron chi connectivity index (χ2n) is 2.23. The number of nitrogens with zero attached hydrogens (tertiary/aromatic N) is 1. The minimum Gasteiger partial charge on any atom is -0.478 e. The van der Waals surface area contributed by atoms with Crippen molar-refractivity contribution in [2.45, 2.75) is 0 Å². The van der Waals surface area contributed by atoms with Gasteiger partial charge < -0.3 is 15.2 Å². The van der Waals surface area contributed by atoms with Crippen molar-refractivity contribution in [1.29, 1.82) is 0 Å². The van der Waals surface area contributed by atoms with Gasteiger partial charge in [-0.1, -0.05) is 6.07 Å². The first-order valence-corrected chi connectivity index (χ1v) is 3.60. The summed E-state index contributed by atoms with van der Waals surface area (Å²) in [7, 11) is 0. The van der Waals surface area contributed by atoms with Crippen molar-refractivity contribution in [1.82, 2.24) is 0 Å². The number of hydrogen-bond donors (Lipinski definition) is 3. The molecule has 15 heavy (non-hydrogen) atoms. The SMILES string of the molecule is O=C(O)c1cccc([N+](=O)[O-])c1.O[B]O. The third-order valence-electron chi connectivity index (χ3n) is 1.30. The van der Waals surface area contributed by atoms with Crippen LogP contribution in [0.15, 0.2) is 24.3 Å². The molecule has 79 valence electrons. The normalized spacial score (nSPS) is 8.40. The summed E-state index contributed by atoms with van der Waals surface area (Å²) < 4.78 is 0. The molecule has 0 bridgehead atoms. The number of rotatable bonds is 2. The number of non-ortho nitro benzene ring substituents is 1. The number of nitro benzene ring substituents is 1. The minimum atomic E-state index is -1.17. The first-order chi connectivity index (χ1) is 7.02. The van der Waals surface area contributed by atoms with Crippen molar-refractivity contribution >= 4 is 19.3 Å². The lowest BCUT2D eigenvalue weighted by molar-refractivity contribution is -0.384. The topological polar surface area (TPSA) is 121 Å². The molecular weight excluding hydrogens is 205 g/mol. The van der Waals surface area contributed by atoms with E-state index in [1.165, 1.54) is 18.2 Å². The molecule has 0 heterocycles. The van der Waals surface area contributed by atoms with Gasteiger partial charge in [-0.05, 0) is 6.07 Å². The van der Waals surface area contributed by atoms with E-state index in [9.17, 15) is 14.9 Å². The first-order valence-electron chi connectivity index (χ1n) is 3.60. The van der Waals surface area contributed by atoms with Crippen molar-refractivity contribution in [3.63, 3.8) is 0 Å². The van der Waals surface area contributed by atoms with E-state index in [0.29, 0.717) is 0 Å². The lowest BCUT2D eigenvalue weighted by Crippen LogP contribution is -1.97. The predicted octanol–water partition coefficient (Wildman–Crippen LogP) is -0.202. The molecule has 0 aliphatic heterocycles. The fourth-order valence-corrected chi connectivity index (χ4v) is 0.753. The van der Waals surface area contributed by atoms with E-state index in [-0.39, 0.29) is 18.9 Å². The van der Waals surface area contributed by atoms with Gasteiger partial charge in [0.15, 0.2) is 0 Å². The maximum absolute atomic E-state index is 10.4. The molecule has 0 aromatic heterocycles. The summed E-state index contributed by atoms with van der Waals surface area (Å²) in [5.74, 6) is -1.17. The van der Waals surface area contributed by atoms with Crippen molar-refractivity contribution in [2.24, 2.45) is 0 Å². The summed E-state index contributed by atoms with van der Waals surface area (Å²) >= 11 is 0. The Bertz CT molecular complexity index is 326. The third-order valence-corrected chi connectivity index (χ3v) is 1.30. The van der Waals surface area contributed by atoms with Crippen LogP contribution in [-0.2, 0) is 0 Å². The molecule has 1 aromatic rings. The Labute approximate surface area is 85.1 Å². The largest absolute Gasteiger partial charge is 0.482 e. The molecule has 1 aromatic carbocycles. The summed E-state index contributed by atoms with van der Waals surface area (Å²) in [5, 5.41) is 32.7. The third kappa shape index (κ3) is 4.74. The molecule has 0 fully saturated rings. The van der Waals surface area contributed by atoms with Gasteiger partial charge in [-0.3, -0.25) is 10.1 Å². The summed E-state index contributed by atoms with van der Waals surface area (Å²) in [4.78, 5) is 19.9. The number of hydrogen-bond acceptors (Lipinski definition) is 5. The van der Waals surface area contributed by atoms with Crippen molar-refractivity contribution in [2.75, 3.05) is 0 Å². The molecule has 1 radical (unpaired) electrons. The molecule has 0 aliphatic carbocycles. The molecule has 0 atom stereocenters. The fourth-order valence-electron chi connectivity index (χ4n) is 0.753. The van der Waals surface area contributed by atoms with Crippen LogP contribution in [0.1, 0.15) is 10.4 Å². The number of nitro groups is 1. The predicted molar refractivity (Wildman–Crippen MR) is 50.2 cm³/mol. The summed E-state index contributed by atoms with van der Waals surface area (Å²) in [6.45, 7) is 0. The highest BCUT2D eigenvalue weighted by atomic mass is 16.6. The molecule has 1 rings (SSSR count). The van der Waals surface area contributed by atoms with Gasteiger partial charge >= 0.3 is 13.7 Å². The van der Waals surface area contributed by atoms with Crippen molar-refractivity contribution < 1.29 is 24.9 Å². The monoisotopic (exact) mass is 212 g/mol. The van der Waals surface area contributed by atoms with Gasteiger partial charge in [0.2, 0.25) is 0 Å². The van der Waals surface area contributed by atoms with Crippen LogP contribution < -0.4 is 0 Å². The Morgan fingerprint density at radius 3 is 2.33 bits per heavy atom. The molecule has 3 N–H and O–H groups in total. The van der Waals surface area contributed by atoms with E-state index < -0.39 is 10.9 Å². The Hall–Kier alpha value is -1.93. The van der Waals surface area contributed by atoms with Crippen LogP contribution in [0.25, 0.3) is 0 Å². The van der Waals surface area contributed by atoms with Crippen molar-refractivity contribution in [3.05, 3.63) is 39.9 Å². The van der Waals surface area contributed by atoms with E-state index >= 15 is 0 Å². The number of carboxylic acids is 1. The van der Waals surface area contributed by atoms with Crippen LogP contribution in [0, 0.1) is 10.1 Å². The van der Waals surface area contributed by atoms with Crippen LogP contribution >= 0.6 is 0 Å². The Kier molecular flexibility index (Phi) is 5.68. The van der Waals surface area contributed by atoms with Crippen LogP contribution in [0.5, 0.6) is 0 Å². The molecule has 0 saturated heterocycles. The van der Waals surface area contributed by atoms with Gasteiger partial charge in [0.1, 0.15) is 0 Å². The van der Waals surface area contributed by atoms with Gasteiger partial charge in [-0.15, -0.1) is 0 Å². The Morgan fingerprint density at radius 1 is 1.40 bits per heavy atom. The van der Waals surface area contributed by atoms with Crippen LogP contribution in [0.2, 0.25) is 0 Å².